The van der Waals surface area contributed by atoms with Gasteiger partial charge in [-0.3, -0.25) is 4.98 Å². The topological polar surface area (TPSA) is 12.9 Å². The van der Waals surface area contributed by atoms with Gasteiger partial charge in [-0.2, -0.15) is 0 Å². The predicted molar refractivity (Wildman–Crippen MR) is 41.7 cm³/mol. The van der Waals surface area contributed by atoms with Crippen molar-refractivity contribution in [2.45, 2.75) is 0 Å². The molecule has 0 fully saturated rings. The van der Waals surface area contributed by atoms with Crippen LogP contribution in [0.5, 0.6) is 0 Å². The fourth-order valence-corrected chi connectivity index (χ4v) is 1.02. The third kappa shape index (κ3) is 1.62. The number of hydrogen-bond acceptors (Lipinski definition) is 1. The Labute approximate surface area is 77.3 Å². The third-order valence-corrected chi connectivity index (χ3v) is 1.51. The van der Waals surface area contributed by atoms with Crippen LogP contribution in [0.3, 0.4) is 0 Å². The van der Waals surface area contributed by atoms with Gasteiger partial charge >= 0.3 is 0 Å². The summed E-state index contributed by atoms with van der Waals surface area (Å²) in [5.74, 6) is 0. The number of nitrogens with zero attached hydrogens (tertiary/aromatic N) is 1. The normalized spacial score (nSPS) is 9.09. The van der Waals surface area contributed by atoms with Gasteiger partial charge in [-0.05, 0) is 12.1 Å². The second-order valence-corrected chi connectivity index (χ2v) is 2.20. The maximum absolute atomic E-state index is 4.18. The average molecular weight is 180 g/mol. The number of pyridine rings is 1. The van der Waals surface area contributed by atoms with Crippen LogP contribution in [0.4, 0.5) is 0 Å². The molecule has 53 valence electrons. The van der Waals surface area contributed by atoms with Gasteiger partial charge < -0.3 is 0 Å². The molecule has 0 unspecified atom stereocenters. The summed E-state index contributed by atoms with van der Waals surface area (Å²) in [6.45, 7) is 0. The van der Waals surface area contributed by atoms with Gasteiger partial charge in [0.25, 0.3) is 0 Å². The minimum atomic E-state index is 0. The van der Waals surface area contributed by atoms with Crippen LogP contribution in [-0.4, -0.2) is 4.98 Å². The molecule has 11 heavy (non-hydrogen) atoms. The van der Waals surface area contributed by atoms with Crippen LogP contribution in [0.15, 0.2) is 42.6 Å². The minimum absolute atomic E-state index is 0. The zero-order valence-electron chi connectivity index (χ0n) is 5.94. The van der Waals surface area contributed by atoms with Crippen LogP contribution >= 0.6 is 0 Å². The van der Waals surface area contributed by atoms with Crippen LogP contribution in [0.2, 0.25) is 0 Å². The van der Waals surface area contributed by atoms with Crippen LogP contribution < -0.4 is 0 Å². The first kappa shape index (κ1) is 8.31. The number of para-hydroxylation sites is 1. The zero-order valence-corrected chi connectivity index (χ0v) is 7.33. The fraction of sp³-hybridized carbons (Fsp3) is 0. The van der Waals surface area contributed by atoms with Crippen molar-refractivity contribution in [2.24, 2.45) is 0 Å². The van der Waals surface area contributed by atoms with Gasteiger partial charge in [0.15, 0.2) is 0 Å². The summed E-state index contributed by atoms with van der Waals surface area (Å²) in [4.78, 5) is 4.18. The first-order valence-corrected chi connectivity index (χ1v) is 3.26. The van der Waals surface area contributed by atoms with Gasteiger partial charge in [0.2, 0.25) is 0 Å². The van der Waals surface area contributed by atoms with Gasteiger partial charge in [-0.15, -0.1) is 0 Å². The Morgan fingerprint density at radius 3 is 2.45 bits per heavy atom. The van der Waals surface area contributed by atoms with Crippen molar-refractivity contribution in [3.8, 4) is 0 Å². The Balaban J connectivity index is 0.000000605. The molecule has 0 saturated carbocycles. The summed E-state index contributed by atoms with van der Waals surface area (Å²) in [5.41, 5.74) is 1.06. The van der Waals surface area contributed by atoms with E-state index in [1.165, 1.54) is 5.39 Å². The summed E-state index contributed by atoms with van der Waals surface area (Å²) in [6, 6.07) is 12.1. The summed E-state index contributed by atoms with van der Waals surface area (Å²) in [7, 11) is 0. The van der Waals surface area contributed by atoms with E-state index < -0.39 is 0 Å². The molecule has 1 nitrogen and oxygen atoms in total. The molecule has 1 aromatic heterocycles. The Morgan fingerprint density at radius 1 is 0.909 bits per heavy atom. The first-order chi connectivity index (χ1) is 4.97. The van der Waals surface area contributed by atoms with Crippen molar-refractivity contribution in [2.75, 3.05) is 0 Å². The van der Waals surface area contributed by atoms with E-state index in [4.69, 9.17) is 0 Å². The molecule has 0 aliphatic rings. The molecule has 0 aliphatic carbocycles. The number of rotatable bonds is 0. The molecule has 0 aliphatic heterocycles. The van der Waals surface area contributed by atoms with Gasteiger partial charge in [0, 0.05) is 30.1 Å². The summed E-state index contributed by atoms with van der Waals surface area (Å²) in [6.07, 6.45) is 1.81. The molecule has 0 bridgehead atoms. The van der Waals surface area contributed by atoms with Gasteiger partial charge in [-0.1, -0.05) is 24.3 Å². The molecular formula is C9H7NV. The molecule has 1 heterocycles. The van der Waals surface area contributed by atoms with E-state index in [0.29, 0.717) is 0 Å². The van der Waals surface area contributed by atoms with Crippen molar-refractivity contribution in [1.82, 2.24) is 4.98 Å². The summed E-state index contributed by atoms with van der Waals surface area (Å²) in [5, 5.41) is 1.20. The van der Waals surface area contributed by atoms with E-state index in [1.807, 2.05) is 30.5 Å². The molecule has 0 saturated heterocycles. The van der Waals surface area contributed by atoms with E-state index in [0.717, 1.165) is 5.52 Å². The van der Waals surface area contributed by atoms with Crippen molar-refractivity contribution in [3.05, 3.63) is 42.6 Å². The van der Waals surface area contributed by atoms with Crippen molar-refractivity contribution in [3.63, 3.8) is 0 Å². The SMILES string of the molecule is [V].c1ccc2ncccc2c1. The van der Waals surface area contributed by atoms with E-state index in [1.54, 1.807) is 0 Å². The number of benzene rings is 1. The molecule has 1 aromatic carbocycles. The summed E-state index contributed by atoms with van der Waals surface area (Å²) >= 11 is 0. The Morgan fingerprint density at radius 2 is 1.64 bits per heavy atom. The zero-order chi connectivity index (χ0) is 6.81. The molecule has 0 amide bonds. The number of aromatic nitrogens is 1. The molecule has 2 aromatic rings. The average Bonchev–Trinajstić information content (AvgIpc) is 2.05. The van der Waals surface area contributed by atoms with Crippen LogP contribution in [0.25, 0.3) is 10.9 Å². The Hall–Kier alpha value is -0.786. The predicted octanol–water partition coefficient (Wildman–Crippen LogP) is 2.23. The van der Waals surface area contributed by atoms with E-state index in [2.05, 4.69) is 17.1 Å². The molecule has 2 rings (SSSR count). The fourth-order valence-electron chi connectivity index (χ4n) is 1.02. The molecule has 0 atom stereocenters. The molecule has 1 radical (unpaired) electrons. The quantitative estimate of drug-likeness (QED) is 0.605. The van der Waals surface area contributed by atoms with Crippen LogP contribution in [0.1, 0.15) is 0 Å². The molecule has 0 spiro atoms. The van der Waals surface area contributed by atoms with Crippen LogP contribution in [-0.2, 0) is 18.6 Å². The monoisotopic (exact) mass is 180 g/mol. The first-order valence-electron chi connectivity index (χ1n) is 3.26. The largest absolute Gasteiger partial charge is 0.256 e. The molecular weight excluding hydrogens is 173 g/mol. The smallest absolute Gasteiger partial charge is 0.0701 e. The maximum atomic E-state index is 4.18. The third-order valence-electron chi connectivity index (χ3n) is 1.51. The standard InChI is InChI=1S/C9H7N.V/c1-2-6-9-8(4-1)5-3-7-10-9;/h1-7H;. The second kappa shape index (κ2) is 3.56. The van der Waals surface area contributed by atoms with Crippen LogP contribution in [0, 0.1) is 0 Å². The molecule has 2 heteroatoms. The van der Waals surface area contributed by atoms with E-state index in [9.17, 15) is 0 Å². The summed E-state index contributed by atoms with van der Waals surface area (Å²) < 4.78 is 0. The van der Waals surface area contributed by atoms with Gasteiger partial charge in [-0.25, -0.2) is 0 Å². The number of fused-ring (bicyclic) bond motifs is 1. The Kier molecular flexibility index (Phi) is 2.69. The maximum Gasteiger partial charge on any atom is 0.0701 e. The second-order valence-electron chi connectivity index (χ2n) is 2.20. The van der Waals surface area contributed by atoms with Crippen molar-refractivity contribution >= 4 is 10.9 Å². The number of hydrogen-bond donors (Lipinski definition) is 0. The molecule has 0 N–H and O–H groups in total. The Bertz CT molecular complexity index is 281. The minimum Gasteiger partial charge on any atom is -0.256 e. The van der Waals surface area contributed by atoms with E-state index >= 15 is 0 Å². The van der Waals surface area contributed by atoms with E-state index in [-0.39, 0.29) is 18.6 Å². The van der Waals surface area contributed by atoms with Gasteiger partial charge in [0.1, 0.15) is 0 Å². The van der Waals surface area contributed by atoms with Crippen molar-refractivity contribution < 1.29 is 18.6 Å². The van der Waals surface area contributed by atoms with Crippen molar-refractivity contribution in [1.29, 1.82) is 0 Å². The van der Waals surface area contributed by atoms with Gasteiger partial charge in [0.05, 0.1) is 5.52 Å².